The summed E-state index contributed by atoms with van der Waals surface area (Å²) in [5.74, 6) is -0.113. The highest BCUT2D eigenvalue weighted by molar-refractivity contribution is 5.71. The largest absolute Gasteiger partial charge is 0.497 e. The zero-order chi connectivity index (χ0) is 15.4. The molecule has 0 radical (unpaired) electrons. The second kappa shape index (κ2) is 6.41. The van der Waals surface area contributed by atoms with Crippen LogP contribution in [-0.4, -0.2) is 18.2 Å². The summed E-state index contributed by atoms with van der Waals surface area (Å²) in [6.07, 6.45) is -0.0827. The molecule has 4 heteroatoms. The third kappa shape index (κ3) is 3.61. The molecule has 2 aromatic rings. The van der Waals surface area contributed by atoms with Crippen molar-refractivity contribution in [3.05, 3.63) is 53.6 Å². The maximum atomic E-state index is 10.8. The smallest absolute Gasteiger partial charge is 0.305 e. The maximum absolute atomic E-state index is 10.8. The molecule has 2 rings (SSSR count). The van der Waals surface area contributed by atoms with E-state index in [1.54, 1.807) is 7.11 Å². The molecule has 3 N–H and O–H groups in total. The lowest BCUT2D eigenvalue weighted by atomic mass is 9.94. The molecule has 0 aliphatic rings. The molecule has 0 bridgehead atoms. The minimum atomic E-state index is -0.897. The van der Waals surface area contributed by atoms with Gasteiger partial charge in [0.05, 0.1) is 13.5 Å². The van der Waals surface area contributed by atoms with Crippen molar-refractivity contribution in [3.63, 3.8) is 0 Å². The quantitative estimate of drug-likeness (QED) is 0.885. The lowest BCUT2D eigenvalue weighted by molar-refractivity contribution is -0.137. The number of carbonyl (C=O) groups is 1. The van der Waals surface area contributed by atoms with E-state index in [9.17, 15) is 4.79 Å². The minimum Gasteiger partial charge on any atom is -0.497 e. The van der Waals surface area contributed by atoms with E-state index in [0.29, 0.717) is 0 Å². The molecule has 21 heavy (non-hydrogen) atoms. The van der Waals surface area contributed by atoms with Gasteiger partial charge in [0.2, 0.25) is 0 Å². The molecular formula is C17H19NO3. The molecule has 2 aromatic carbocycles. The van der Waals surface area contributed by atoms with Crippen molar-refractivity contribution in [2.24, 2.45) is 5.73 Å². The fourth-order valence-electron chi connectivity index (χ4n) is 2.28. The SMILES string of the molecule is COc1cccc(-c2cc([C@@H](N)CC(=O)O)ccc2C)c1. The molecule has 1 atom stereocenters. The zero-order valence-corrected chi connectivity index (χ0v) is 12.2. The first-order valence-corrected chi connectivity index (χ1v) is 6.73. The third-order valence-electron chi connectivity index (χ3n) is 3.47. The maximum Gasteiger partial charge on any atom is 0.305 e. The van der Waals surface area contributed by atoms with Gasteiger partial charge < -0.3 is 15.6 Å². The summed E-state index contributed by atoms with van der Waals surface area (Å²) in [5.41, 5.74) is 9.93. The number of methoxy groups -OCH3 is 1. The fraction of sp³-hybridized carbons (Fsp3) is 0.235. The van der Waals surface area contributed by atoms with E-state index in [1.165, 1.54) is 0 Å². The molecule has 0 aromatic heterocycles. The van der Waals surface area contributed by atoms with Gasteiger partial charge >= 0.3 is 5.97 Å². The molecular weight excluding hydrogens is 266 g/mol. The Morgan fingerprint density at radius 3 is 2.71 bits per heavy atom. The van der Waals surface area contributed by atoms with Crippen LogP contribution in [0.4, 0.5) is 0 Å². The Morgan fingerprint density at radius 1 is 1.29 bits per heavy atom. The van der Waals surface area contributed by atoms with Gasteiger partial charge in [0, 0.05) is 6.04 Å². The number of hydrogen-bond donors (Lipinski definition) is 2. The van der Waals surface area contributed by atoms with E-state index in [1.807, 2.05) is 49.4 Å². The summed E-state index contributed by atoms with van der Waals surface area (Å²) in [6.45, 7) is 2.02. The van der Waals surface area contributed by atoms with Crippen LogP contribution in [0.15, 0.2) is 42.5 Å². The van der Waals surface area contributed by atoms with Crippen molar-refractivity contribution in [2.45, 2.75) is 19.4 Å². The highest BCUT2D eigenvalue weighted by Gasteiger charge is 2.13. The zero-order valence-electron chi connectivity index (χ0n) is 12.2. The van der Waals surface area contributed by atoms with E-state index in [-0.39, 0.29) is 6.42 Å². The van der Waals surface area contributed by atoms with Gasteiger partial charge in [0.25, 0.3) is 0 Å². The van der Waals surface area contributed by atoms with Gasteiger partial charge in [0.15, 0.2) is 0 Å². The molecule has 0 amide bonds. The fourth-order valence-corrected chi connectivity index (χ4v) is 2.28. The van der Waals surface area contributed by atoms with Gasteiger partial charge in [-0.25, -0.2) is 0 Å². The summed E-state index contributed by atoms with van der Waals surface area (Å²) in [7, 11) is 1.63. The van der Waals surface area contributed by atoms with E-state index in [4.69, 9.17) is 15.6 Å². The number of aliphatic carboxylic acids is 1. The van der Waals surface area contributed by atoms with Gasteiger partial charge in [-0.3, -0.25) is 4.79 Å². The van der Waals surface area contributed by atoms with Crippen LogP contribution in [0.5, 0.6) is 5.75 Å². The van der Waals surface area contributed by atoms with Crippen molar-refractivity contribution in [3.8, 4) is 16.9 Å². The summed E-state index contributed by atoms with van der Waals surface area (Å²) in [5, 5.41) is 8.86. The predicted molar refractivity (Wildman–Crippen MR) is 82.3 cm³/mol. The molecule has 4 nitrogen and oxygen atoms in total. The Hall–Kier alpha value is -2.33. The van der Waals surface area contributed by atoms with Crippen LogP contribution >= 0.6 is 0 Å². The van der Waals surface area contributed by atoms with Crippen molar-refractivity contribution < 1.29 is 14.6 Å². The van der Waals surface area contributed by atoms with Gasteiger partial charge in [-0.05, 0) is 47.4 Å². The summed E-state index contributed by atoms with van der Waals surface area (Å²) >= 11 is 0. The highest BCUT2D eigenvalue weighted by atomic mass is 16.5. The number of rotatable bonds is 5. The van der Waals surface area contributed by atoms with E-state index in [2.05, 4.69) is 0 Å². The van der Waals surface area contributed by atoms with Gasteiger partial charge in [0.1, 0.15) is 5.75 Å². The van der Waals surface area contributed by atoms with Gasteiger partial charge in [-0.15, -0.1) is 0 Å². The van der Waals surface area contributed by atoms with Crippen LogP contribution in [0.1, 0.15) is 23.6 Å². The standard InChI is InChI=1S/C17H19NO3/c1-11-6-7-13(16(18)10-17(19)20)9-15(11)12-4-3-5-14(8-12)21-2/h3-9,16H,10,18H2,1-2H3,(H,19,20)/t16-/m0/s1. The number of carboxylic acids is 1. The first kappa shape index (κ1) is 15.1. The molecule has 0 aliphatic heterocycles. The minimum absolute atomic E-state index is 0.0827. The van der Waals surface area contributed by atoms with Crippen molar-refractivity contribution in [1.82, 2.24) is 0 Å². The predicted octanol–water partition coefficient (Wildman–Crippen LogP) is 3.15. The van der Waals surface area contributed by atoms with Crippen LogP contribution in [0.25, 0.3) is 11.1 Å². The Kier molecular flexibility index (Phi) is 4.60. The average molecular weight is 285 g/mol. The number of ether oxygens (including phenoxy) is 1. The summed E-state index contributed by atoms with van der Waals surface area (Å²) in [6, 6.07) is 13.1. The Bertz CT molecular complexity index is 652. The lowest BCUT2D eigenvalue weighted by Gasteiger charge is -2.14. The van der Waals surface area contributed by atoms with E-state index < -0.39 is 12.0 Å². The number of aryl methyl sites for hydroxylation is 1. The molecule has 0 aliphatic carbocycles. The number of hydrogen-bond acceptors (Lipinski definition) is 3. The molecule has 110 valence electrons. The van der Waals surface area contributed by atoms with Crippen LogP contribution in [0, 0.1) is 6.92 Å². The molecule has 0 saturated carbocycles. The van der Waals surface area contributed by atoms with Crippen LogP contribution in [0.3, 0.4) is 0 Å². The Balaban J connectivity index is 2.41. The first-order valence-electron chi connectivity index (χ1n) is 6.73. The number of nitrogens with two attached hydrogens (primary N) is 1. The summed E-state index contributed by atoms with van der Waals surface area (Å²) < 4.78 is 5.24. The Morgan fingerprint density at radius 2 is 2.05 bits per heavy atom. The van der Waals surface area contributed by atoms with E-state index >= 15 is 0 Å². The molecule has 0 unspecified atom stereocenters. The van der Waals surface area contributed by atoms with Crippen LogP contribution < -0.4 is 10.5 Å². The average Bonchev–Trinajstić information content (AvgIpc) is 2.47. The normalized spacial score (nSPS) is 12.0. The first-order chi connectivity index (χ1) is 10.0. The molecule has 0 fully saturated rings. The van der Waals surface area contributed by atoms with Crippen molar-refractivity contribution in [1.29, 1.82) is 0 Å². The third-order valence-corrected chi connectivity index (χ3v) is 3.47. The second-order valence-electron chi connectivity index (χ2n) is 5.01. The highest BCUT2D eigenvalue weighted by Crippen LogP contribution is 2.29. The van der Waals surface area contributed by atoms with Crippen molar-refractivity contribution in [2.75, 3.05) is 7.11 Å². The van der Waals surface area contributed by atoms with Crippen LogP contribution in [-0.2, 0) is 4.79 Å². The number of carboxylic acid groups (broad SMARTS) is 1. The van der Waals surface area contributed by atoms with Gasteiger partial charge in [-0.2, -0.15) is 0 Å². The van der Waals surface area contributed by atoms with E-state index in [0.717, 1.165) is 28.0 Å². The monoisotopic (exact) mass is 285 g/mol. The van der Waals surface area contributed by atoms with Crippen molar-refractivity contribution >= 4 is 5.97 Å². The number of benzene rings is 2. The molecule has 0 saturated heterocycles. The topological polar surface area (TPSA) is 72.5 Å². The Labute approximate surface area is 124 Å². The second-order valence-corrected chi connectivity index (χ2v) is 5.01. The van der Waals surface area contributed by atoms with Crippen LogP contribution in [0.2, 0.25) is 0 Å². The summed E-state index contributed by atoms with van der Waals surface area (Å²) in [4.78, 5) is 10.8. The molecule has 0 heterocycles. The lowest BCUT2D eigenvalue weighted by Crippen LogP contribution is -2.15. The van der Waals surface area contributed by atoms with Gasteiger partial charge in [-0.1, -0.05) is 24.3 Å². The molecule has 0 spiro atoms.